The molecule has 3 heteroatoms. The number of carbonyl (C=O) groups excluding carboxylic acids is 1. The highest BCUT2D eigenvalue weighted by Gasteiger charge is 2.12. The minimum absolute atomic E-state index is 0.182. The van der Waals surface area contributed by atoms with Gasteiger partial charge in [-0.2, -0.15) is 0 Å². The molecule has 1 amide bonds. The zero-order valence-corrected chi connectivity index (χ0v) is 12.7. The summed E-state index contributed by atoms with van der Waals surface area (Å²) in [6.07, 6.45) is 0. The van der Waals surface area contributed by atoms with Gasteiger partial charge in [0.25, 0.3) is 5.91 Å². The fraction of sp³-hybridized carbons (Fsp3) is 0.158. The third-order valence-corrected chi connectivity index (χ3v) is 3.66. The van der Waals surface area contributed by atoms with Gasteiger partial charge in [0.05, 0.1) is 5.52 Å². The van der Waals surface area contributed by atoms with Crippen molar-refractivity contribution in [3.8, 4) is 0 Å². The summed E-state index contributed by atoms with van der Waals surface area (Å²) in [6.45, 7) is 4.22. The van der Waals surface area contributed by atoms with E-state index in [2.05, 4.69) is 24.1 Å². The van der Waals surface area contributed by atoms with Gasteiger partial charge in [0, 0.05) is 11.1 Å². The van der Waals surface area contributed by atoms with Crippen molar-refractivity contribution in [3.63, 3.8) is 0 Å². The lowest BCUT2D eigenvalue weighted by molar-refractivity contribution is 0.102. The molecule has 0 unspecified atom stereocenters. The van der Waals surface area contributed by atoms with Gasteiger partial charge in [-0.1, -0.05) is 56.3 Å². The number of aromatic nitrogens is 1. The van der Waals surface area contributed by atoms with Crippen molar-refractivity contribution in [2.75, 3.05) is 5.32 Å². The van der Waals surface area contributed by atoms with Crippen LogP contribution in [0.3, 0.4) is 0 Å². The second kappa shape index (κ2) is 5.98. The van der Waals surface area contributed by atoms with Crippen molar-refractivity contribution in [2.45, 2.75) is 19.8 Å². The van der Waals surface area contributed by atoms with E-state index >= 15 is 0 Å². The molecule has 22 heavy (non-hydrogen) atoms. The van der Waals surface area contributed by atoms with Crippen LogP contribution in [0.4, 0.5) is 5.69 Å². The second-order valence-corrected chi connectivity index (χ2v) is 5.59. The van der Waals surface area contributed by atoms with E-state index in [-0.39, 0.29) is 5.91 Å². The Morgan fingerprint density at radius 3 is 2.50 bits per heavy atom. The van der Waals surface area contributed by atoms with E-state index in [0.717, 1.165) is 22.2 Å². The third-order valence-electron chi connectivity index (χ3n) is 3.66. The molecule has 0 aliphatic carbocycles. The Balaban J connectivity index is 1.90. The van der Waals surface area contributed by atoms with Gasteiger partial charge in [-0.15, -0.1) is 0 Å². The van der Waals surface area contributed by atoms with Crippen LogP contribution in [0.15, 0.2) is 60.7 Å². The van der Waals surface area contributed by atoms with E-state index in [1.807, 2.05) is 54.6 Å². The number of pyridine rings is 1. The zero-order valence-electron chi connectivity index (χ0n) is 12.7. The Hall–Kier alpha value is -2.68. The summed E-state index contributed by atoms with van der Waals surface area (Å²) < 4.78 is 0. The van der Waals surface area contributed by atoms with Gasteiger partial charge in [0.2, 0.25) is 0 Å². The van der Waals surface area contributed by atoms with Crippen molar-refractivity contribution in [3.05, 3.63) is 71.9 Å². The van der Waals surface area contributed by atoms with Crippen LogP contribution >= 0.6 is 0 Å². The molecule has 0 atom stereocenters. The Morgan fingerprint density at radius 2 is 1.68 bits per heavy atom. The van der Waals surface area contributed by atoms with Crippen molar-refractivity contribution in [1.82, 2.24) is 4.98 Å². The first-order valence-corrected chi connectivity index (χ1v) is 7.41. The van der Waals surface area contributed by atoms with E-state index in [1.54, 1.807) is 6.07 Å². The van der Waals surface area contributed by atoms with E-state index in [0.29, 0.717) is 11.6 Å². The summed E-state index contributed by atoms with van der Waals surface area (Å²) in [5.74, 6) is 0.167. The van der Waals surface area contributed by atoms with Gasteiger partial charge in [0.1, 0.15) is 5.69 Å². The highest BCUT2D eigenvalue weighted by atomic mass is 16.1. The number of carbonyl (C=O) groups is 1. The van der Waals surface area contributed by atoms with Crippen LogP contribution in [-0.4, -0.2) is 10.9 Å². The first kappa shape index (κ1) is 14.3. The third kappa shape index (κ3) is 2.84. The van der Waals surface area contributed by atoms with Crippen LogP contribution in [-0.2, 0) is 0 Å². The lowest BCUT2D eigenvalue weighted by atomic mass is 10.0. The normalized spacial score (nSPS) is 10.9. The Kier molecular flexibility index (Phi) is 3.88. The molecule has 0 aliphatic rings. The van der Waals surface area contributed by atoms with Crippen molar-refractivity contribution >= 4 is 22.5 Å². The highest BCUT2D eigenvalue weighted by Crippen LogP contribution is 2.24. The quantitative estimate of drug-likeness (QED) is 0.765. The molecule has 2 aromatic carbocycles. The standard InChI is InChI=1S/C19H18N2O/c1-13(2)15-8-4-6-10-17(15)21-19(22)18-12-11-14-7-3-5-9-16(14)20-18/h3-13H,1-2H3,(H,21,22). The topological polar surface area (TPSA) is 42.0 Å². The van der Waals surface area contributed by atoms with Crippen LogP contribution in [0.1, 0.15) is 35.8 Å². The minimum Gasteiger partial charge on any atom is -0.320 e. The summed E-state index contributed by atoms with van der Waals surface area (Å²) in [7, 11) is 0. The van der Waals surface area contributed by atoms with Gasteiger partial charge < -0.3 is 5.32 Å². The van der Waals surface area contributed by atoms with E-state index in [4.69, 9.17) is 0 Å². The number of para-hydroxylation sites is 2. The van der Waals surface area contributed by atoms with Crippen molar-refractivity contribution < 1.29 is 4.79 Å². The largest absolute Gasteiger partial charge is 0.320 e. The average Bonchev–Trinajstić information content (AvgIpc) is 2.54. The Labute approximate surface area is 130 Å². The van der Waals surface area contributed by atoms with Gasteiger partial charge in [0.15, 0.2) is 0 Å². The van der Waals surface area contributed by atoms with E-state index in [1.165, 1.54) is 0 Å². The van der Waals surface area contributed by atoms with Crippen LogP contribution in [0.5, 0.6) is 0 Å². The summed E-state index contributed by atoms with van der Waals surface area (Å²) in [4.78, 5) is 16.9. The monoisotopic (exact) mass is 290 g/mol. The Morgan fingerprint density at radius 1 is 0.955 bits per heavy atom. The highest BCUT2D eigenvalue weighted by molar-refractivity contribution is 6.04. The number of hydrogen-bond acceptors (Lipinski definition) is 2. The Bertz CT molecular complexity index is 824. The molecule has 0 saturated carbocycles. The second-order valence-electron chi connectivity index (χ2n) is 5.59. The molecule has 3 rings (SSSR count). The molecule has 0 spiro atoms. The van der Waals surface area contributed by atoms with Crippen LogP contribution < -0.4 is 5.32 Å². The molecular weight excluding hydrogens is 272 g/mol. The summed E-state index contributed by atoms with van der Waals surface area (Å²) >= 11 is 0. The predicted molar refractivity (Wildman–Crippen MR) is 90.2 cm³/mol. The molecule has 1 aromatic heterocycles. The zero-order chi connectivity index (χ0) is 15.5. The van der Waals surface area contributed by atoms with Crippen molar-refractivity contribution in [1.29, 1.82) is 0 Å². The van der Waals surface area contributed by atoms with Gasteiger partial charge in [-0.05, 0) is 29.7 Å². The molecule has 1 N–H and O–H groups in total. The first-order valence-electron chi connectivity index (χ1n) is 7.41. The van der Waals surface area contributed by atoms with Crippen LogP contribution in [0, 0.1) is 0 Å². The lowest BCUT2D eigenvalue weighted by Crippen LogP contribution is -2.15. The molecule has 0 fully saturated rings. The number of nitrogens with one attached hydrogen (secondary N) is 1. The molecule has 0 bridgehead atoms. The molecule has 0 saturated heterocycles. The summed E-state index contributed by atoms with van der Waals surface area (Å²) in [6, 6.07) is 19.3. The average molecular weight is 290 g/mol. The van der Waals surface area contributed by atoms with E-state index < -0.39 is 0 Å². The SMILES string of the molecule is CC(C)c1ccccc1NC(=O)c1ccc2ccccc2n1. The maximum Gasteiger partial charge on any atom is 0.274 e. The van der Waals surface area contributed by atoms with Gasteiger partial charge in [-0.25, -0.2) is 4.98 Å². The van der Waals surface area contributed by atoms with Crippen LogP contribution in [0.25, 0.3) is 10.9 Å². The molecule has 0 radical (unpaired) electrons. The van der Waals surface area contributed by atoms with Gasteiger partial charge >= 0.3 is 0 Å². The number of fused-ring (bicyclic) bond motifs is 1. The fourth-order valence-corrected chi connectivity index (χ4v) is 2.49. The minimum atomic E-state index is -0.182. The maximum absolute atomic E-state index is 12.5. The predicted octanol–water partition coefficient (Wildman–Crippen LogP) is 4.61. The molecule has 3 nitrogen and oxygen atoms in total. The lowest BCUT2D eigenvalue weighted by Gasteiger charge is -2.13. The number of hydrogen-bond donors (Lipinski definition) is 1. The number of amides is 1. The maximum atomic E-state index is 12.5. The van der Waals surface area contributed by atoms with Crippen LogP contribution in [0.2, 0.25) is 0 Å². The molecule has 0 aliphatic heterocycles. The summed E-state index contributed by atoms with van der Waals surface area (Å²) in [5.41, 5.74) is 3.22. The number of rotatable bonds is 3. The molecule has 1 heterocycles. The van der Waals surface area contributed by atoms with Gasteiger partial charge in [-0.3, -0.25) is 4.79 Å². The number of nitrogens with zero attached hydrogens (tertiary/aromatic N) is 1. The number of anilines is 1. The molecular formula is C19H18N2O. The first-order chi connectivity index (χ1) is 10.6. The fourth-order valence-electron chi connectivity index (χ4n) is 2.49. The molecule has 3 aromatic rings. The number of benzene rings is 2. The van der Waals surface area contributed by atoms with Crippen molar-refractivity contribution in [2.24, 2.45) is 0 Å². The smallest absolute Gasteiger partial charge is 0.274 e. The van der Waals surface area contributed by atoms with E-state index in [9.17, 15) is 4.79 Å². The molecule has 110 valence electrons. The summed E-state index contributed by atoms with van der Waals surface area (Å²) in [5, 5.41) is 4.00.